The molecule has 0 aliphatic carbocycles. The lowest BCUT2D eigenvalue weighted by Gasteiger charge is -2.42. The zero-order valence-corrected chi connectivity index (χ0v) is 13.2. The molecule has 1 saturated heterocycles. The van der Waals surface area contributed by atoms with E-state index >= 15 is 0 Å². The van der Waals surface area contributed by atoms with Gasteiger partial charge in [-0.2, -0.15) is 0 Å². The molecule has 1 aliphatic heterocycles. The summed E-state index contributed by atoms with van der Waals surface area (Å²) in [6.45, 7) is 11.7. The Balaban J connectivity index is 2.70. The van der Waals surface area contributed by atoms with Gasteiger partial charge >= 0.3 is 0 Å². The predicted octanol–water partition coefficient (Wildman–Crippen LogP) is 1.88. The summed E-state index contributed by atoms with van der Waals surface area (Å²) in [6, 6.07) is 1.24. The summed E-state index contributed by atoms with van der Waals surface area (Å²) in [4.78, 5) is 14.3. The summed E-state index contributed by atoms with van der Waals surface area (Å²) < 4.78 is 0. The lowest BCUT2D eigenvalue weighted by Crippen LogP contribution is -2.59. The van der Waals surface area contributed by atoms with Crippen LogP contribution in [0.2, 0.25) is 0 Å². The van der Waals surface area contributed by atoms with Gasteiger partial charge in [0.2, 0.25) is 5.91 Å². The first kappa shape index (κ1) is 16.4. The Morgan fingerprint density at radius 2 is 2.05 bits per heavy atom. The minimum atomic E-state index is -0.620. The Kier molecular flexibility index (Phi) is 5.81. The fourth-order valence-corrected chi connectivity index (χ4v) is 3.35. The number of nitrogens with two attached hydrogens (primary N) is 1. The molecule has 3 unspecified atom stereocenters. The van der Waals surface area contributed by atoms with E-state index in [2.05, 4.69) is 37.9 Å². The fraction of sp³-hybridized carbons (Fsp3) is 0.933. The van der Waals surface area contributed by atoms with E-state index in [4.69, 9.17) is 5.73 Å². The first-order chi connectivity index (χ1) is 8.76. The molecule has 0 bridgehead atoms. The van der Waals surface area contributed by atoms with Crippen LogP contribution in [0.3, 0.4) is 0 Å². The number of likely N-dealkylation sites (tertiary alicyclic amines) is 1. The molecule has 0 aromatic heterocycles. The lowest BCUT2D eigenvalue weighted by atomic mass is 9.89. The number of piperidine rings is 1. The van der Waals surface area contributed by atoms with Gasteiger partial charge in [0.15, 0.2) is 0 Å². The van der Waals surface area contributed by atoms with E-state index in [1.807, 2.05) is 6.92 Å². The summed E-state index contributed by atoms with van der Waals surface area (Å²) in [5.41, 5.74) is 4.99. The van der Waals surface area contributed by atoms with Crippen LogP contribution in [0.5, 0.6) is 0 Å². The van der Waals surface area contributed by atoms with Gasteiger partial charge in [0, 0.05) is 18.1 Å². The quantitative estimate of drug-likeness (QED) is 0.774. The SMILES string of the molecule is CC(C)NC(C)(CC(C)N1CCCCC1C)C(N)=O. The molecule has 4 nitrogen and oxygen atoms in total. The van der Waals surface area contributed by atoms with Crippen molar-refractivity contribution in [3.05, 3.63) is 0 Å². The molecule has 0 spiro atoms. The minimum Gasteiger partial charge on any atom is -0.368 e. The van der Waals surface area contributed by atoms with Gasteiger partial charge in [-0.25, -0.2) is 0 Å². The summed E-state index contributed by atoms with van der Waals surface area (Å²) in [7, 11) is 0. The molecule has 0 saturated carbocycles. The third kappa shape index (κ3) is 4.46. The number of amides is 1. The molecule has 1 rings (SSSR count). The number of carbonyl (C=O) groups is 1. The molecule has 0 radical (unpaired) electrons. The number of carbonyl (C=O) groups excluding carboxylic acids is 1. The second-order valence-corrected chi connectivity index (χ2v) is 6.63. The highest BCUT2D eigenvalue weighted by atomic mass is 16.1. The Morgan fingerprint density at radius 1 is 1.42 bits per heavy atom. The molecule has 0 aromatic carbocycles. The Morgan fingerprint density at radius 3 is 2.53 bits per heavy atom. The van der Waals surface area contributed by atoms with Crippen molar-refractivity contribution in [2.75, 3.05) is 6.54 Å². The average Bonchev–Trinajstić information content (AvgIpc) is 2.27. The van der Waals surface area contributed by atoms with Crippen molar-refractivity contribution in [3.63, 3.8) is 0 Å². The normalized spacial score (nSPS) is 26.1. The first-order valence-electron chi connectivity index (χ1n) is 7.59. The summed E-state index contributed by atoms with van der Waals surface area (Å²) in [5, 5.41) is 3.34. The number of hydrogen-bond acceptors (Lipinski definition) is 3. The van der Waals surface area contributed by atoms with E-state index in [9.17, 15) is 4.79 Å². The van der Waals surface area contributed by atoms with Gasteiger partial charge < -0.3 is 11.1 Å². The highest BCUT2D eigenvalue weighted by Gasteiger charge is 2.36. The van der Waals surface area contributed by atoms with Gasteiger partial charge in [-0.05, 0) is 60.4 Å². The van der Waals surface area contributed by atoms with E-state index < -0.39 is 5.54 Å². The monoisotopic (exact) mass is 269 g/mol. The van der Waals surface area contributed by atoms with Crippen LogP contribution in [0.4, 0.5) is 0 Å². The summed E-state index contributed by atoms with van der Waals surface area (Å²) >= 11 is 0. The maximum absolute atomic E-state index is 11.8. The average molecular weight is 269 g/mol. The van der Waals surface area contributed by atoms with Crippen LogP contribution >= 0.6 is 0 Å². The summed E-state index contributed by atoms with van der Waals surface area (Å²) in [5.74, 6) is -0.252. The molecular formula is C15H31N3O. The molecule has 0 aromatic rings. The zero-order chi connectivity index (χ0) is 14.6. The molecule has 112 valence electrons. The zero-order valence-electron chi connectivity index (χ0n) is 13.2. The van der Waals surface area contributed by atoms with Gasteiger partial charge in [-0.3, -0.25) is 9.69 Å². The molecule has 4 heteroatoms. The Hall–Kier alpha value is -0.610. The number of nitrogens with one attached hydrogen (secondary N) is 1. The number of primary amides is 1. The molecule has 19 heavy (non-hydrogen) atoms. The van der Waals surface area contributed by atoms with Crippen molar-refractivity contribution in [3.8, 4) is 0 Å². The molecule has 1 heterocycles. The molecular weight excluding hydrogens is 238 g/mol. The predicted molar refractivity (Wildman–Crippen MR) is 80.0 cm³/mol. The topological polar surface area (TPSA) is 58.4 Å². The number of rotatable bonds is 6. The highest BCUT2D eigenvalue weighted by molar-refractivity contribution is 5.84. The van der Waals surface area contributed by atoms with Crippen LogP contribution in [-0.4, -0.2) is 41.0 Å². The number of hydrogen-bond donors (Lipinski definition) is 2. The van der Waals surface area contributed by atoms with E-state index in [0.717, 1.165) is 13.0 Å². The Labute approximate surface area is 118 Å². The van der Waals surface area contributed by atoms with Crippen molar-refractivity contribution in [1.82, 2.24) is 10.2 Å². The van der Waals surface area contributed by atoms with E-state index in [0.29, 0.717) is 12.1 Å². The van der Waals surface area contributed by atoms with Gasteiger partial charge in [0.1, 0.15) is 0 Å². The van der Waals surface area contributed by atoms with Gasteiger partial charge in [0.05, 0.1) is 5.54 Å². The second kappa shape index (κ2) is 6.71. The van der Waals surface area contributed by atoms with E-state index in [1.165, 1.54) is 19.3 Å². The maximum atomic E-state index is 11.8. The standard InChI is InChI=1S/C15H31N3O/c1-11(2)17-15(5,14(16)19)10-13(4)18-9-7-6-8-12(18)3/h11-13,17H,6-10H2,1-5H3,(H2,16,19). The van der Waals surface area contributed by atoms with E-state index in [-0.39, 0.29) is 11.9 Å². The third-order valence-electron chi connectivity index (χ3n) is 4.28. The van der Waals surface area contributed by atoms with Crippen molar-refractivity contribution in [1.29, 1.82) is 0 Å². The van der Waals surface area contributed by atoms with Crippen molar-refractivity contribution >= 4 is 5.91 Å². The number of nitrogens with zero attached hydrogens (tertiary/aromatic N) is 1. The smallest absolute Gasteiger partial charge is 0.237 e. The fourth-order valence-electron chi connectivity index (χ4n) is 3.35. The minimum absolute atomic E-state index is 0.252. The van der Waals surface area contributed by atoms with Crippen LogP contribution in [-0.2, 0) is 4.79 Å². The summed E-state index contributed by atoms with van der Waals surface area (Å²) in [6.07, 6.45) is 4.61. The van der Waals surface area contributed by atoms with Gasteiger partial charge in [-0.15, -0.1) is 0 Å². The highest BCUT2D eigenvalue weighted by Crippen LogP contribution is 2.24. The molecule has 3 N–H and O–H groups in total. The third-order valence-corrected chi connectivity index (χ3v) is 4.28. The molecule has 1 aliphatic rings. The van der Waals surface area contributed by atoms with E-state index in [1.54, 1.807) is 0 Å². The lowest BCUT2D eigenvalue weighted by molar-refractivity contribution is -0.125. The maximum Gasteiger partial charge on any atom is 0.237 e. The molecule has 1 fully saturated rings. The van der Waals surface area contributed by atoms with Crippen LogP contribution in [0.15, 0.2) is 0 Å². The van der Waals surface area contributed by atoms with Crippen molar-refractivity contribution in [2.24, 2.45) is 5.73 Å². The van der Waals surface area contributed by atoms with Gasteiger partial charge in [-0.1, -0.05) is 6.42 Å². The largest absolute Gasteiger partial charge is 0.368 e. The van der Waals surface area contributed by atoms with Gasteiger partial charge in [0.25, 0.3) is 0 Å². The van der Waals surface area contributed by atoms with Crippen LogP contribution in [0.25, 0.3) is 0 Å². The Bertz CT molecular complexity index is 306. The second-order valence-electron chi connectivity index (χ2n) is 6.63. The first-order valence-corrected chi connectivity index (χ1v) is 7.59. The van der Waals surface area contributed by atoms with Crippen LogP contribution < -0.4 is 11.1 Å². The van der Waals surface area contributed by atoms with Crippen LogP contribution in [0, 0.1) is 0 Å². The molecule has 3 atom stereocenters. The molecule has 1 amide bonds. The van der Waals surface area contributed by atoms with Crippen molar-refractivity contribution in [2.45, 2.75) is 84.0 Å². The van der Waals surface area contributed by atoms with Crippen LogP contribution in [0.1, 0.15) is 60.3 Å². The van der Waals surface area contributed by atoms with Crippen molar-refractivity contribution < 1.29 is 4.79 Å².